The molecule has 11 heteroatoms. The molecule has 0 saturated heterocycles. The van der Waals surface area contributed by atoms with E-state index < -0.39 is 27.5 Å². The molecule has 0 bridgehead atoms. The van der Waals surface area contributed by atoms with Crippen LogP contribution in [0.5, 0.6) is 0 Å². The Labute approximate surface area is 183 Å². The highest BCUT2D eigenvalue weighted by molar-refractivity contribution is 7.88. The molecule has 0 saturated carbocycles. The zero-order valence-electron chi connectivity index (χ0n) is 17.5. The van der Waals surface area contributed by atoms with E-state index in [1.807, 2.05) is 16.3 Å². The second-order valence-electron chi connectivity index (χ2n) is 8.17. The molecule has 2 aromatic carbocycles. The number of halogens is 1. The van der Waals surface area contributed by atoms with Gasteiger partial charge in [-0.25, -0.2) is 28.0 Å². The number of hydrazine groups is 1. The summed E-state index contributed by atoms with van der Waals surface area (Å²) in [6.07, 6.45) is 0.834. The topological polar surface area (TPSA) is 126 Å². The minimum Gasteiger partial charge on any atom is -0.443 e. The van der Waals surface area contributed by atoms with E-state index >= 15 is 0 Å². The van der Waals surface area contributed by atoms with Crippen LogP contribution in [-0.4, -0.2) is 30.1 Å². The minimum atomic E-state index is -3.98. The number of aromatic nitrogens is 2. The van der Waals surface area contributed by atoms with Gasteiger partial charge in [-0.1, -0.05) is 6.07 Å². The molecule has 168 valence electrons. The summed E-state index contributed by atoms with van der Waals surface area (Å²) < 4.78 is 48.5. The Bertz CT molecular complexity index is 1420. The third kappa shape index (κ3) is 4.89. The Morgan fingerprint density at radius 1 is 1.22 bits per heavy atom. The minimum absolute atomic E-state index is 0.0448. The van der Waals surface area contributed by atoms with Gasteiger partial charge in [-0.3, -0.25) is 0 Å². The van der Waals surface area contributed by atoms with Crippen molar-refractivity contribution >= 4 is 38.1 Å². The van der Waals surface area contributed by atoms with Crippen molar-refractivity contribution in [2.45, 2.75) is 32.1 Å². The summed E-state index contributed by atoms with van der Waals surface area (Å²) in [5.74, 6) is -0.965. The molecule has 0 unspecified atom stereocenters. The first-order valence-corrected chi connectivity index (χ1v) is 11.3. The average Bonchev–Trinajstić information content (AvgIpc) is 3.26. The number of nitrogens with one attached hydrogen (secondary N) is 3. The van der Waals surface area contributed by atoms with E-state index in [1.165, 1.54) is 12.1 Å². The molecular weight excluding hydrogens is 439 g/mol. The number of oxazole rings is 1. The quantitative estimate of drug-likeness (QED) is 0.387. The number of sulfonamides is 1. The van der Waals surface area contributed by atoms with E-state index in [2.05, 4.69) is 9.97 Å². The fraction of sp³-hybridized carbons (Fsp3) is 0.238. The van der Waals surface area contributed by atoms with Crippen LogP contribution in [0.15, 0.2) is 47.0 Å². The Kier molecular flexibility index (Phi) is 5.39. The maximum Gasteiger partial charge on any atom is 0.422 e. The molecule has 1 amide bonds. The van der Waals surface area contributed by atoms with E-state index in [4.69, 9.17) is 9.15 Å². The molecule has 0 aliphatic heterocycles. The number of rotatable bonds is 5. The zero-order valence-corrected chi connectivity index (χ0v) is 18.3. The molecule has 0 aliphatic carbocycles. The van der Waals surface area contributed by atoms with Gasteiger partial charge in [0.1, 0.15) is 22.7 Å². The molecule has 0 fully saturated rings. The number of benzene rings is 2. The first-order valence-electron chi connectivity index (χ1n) is 9.64. The number of hydrogen-bond donors (Lipinski definition) is 3. The predicted molar refractivity (Wildman–Crippen MR) is 116 cm³/mol. The number of nitrogens with zero attached hydrogens (tertiary/aromatic N) is 1. The highest BCUT2D eigenvalue weighted by atomic mass is 32.2. The van der Waals surface area contributed by atoms with Gasteiger partial charge in [0.2, 0.25) is 15.9 Å². The number of hydrogen-bond acceptors (Lipinski definition) is 6. The highest BCUT2D eigenvalue weighted by Gasteiger charge is 2.21. The molecule has 0 atom stereocenters. The zero-order chi connectivity index (χ0) is 23.1. The summed E-state index contributed by atoms with van der Waals surface area (Å²) in [6, 6.07) is 9.73. The van der Waals surface area contributed by atoms with Crippen LogP contribution in [0.3, 0.4) is 0 Å². The molecule has 9 nitrogen and oxygen atoms in total. The fourth-order valence-corrected chi connectivity index (χ4v) is 3.92. The molecule has 0 aliphatic rings. The third-order valence-corrected chi connectivity index (χ3v) is 5.45. The van der Waals surface area contributed by atoms with Crippen LogP contribution in [-0.2, 0) is 20.5 Å². The third-order valence-electron chi connectivity index (χ3n) is 4.41. The van der Waals surface area contributed by atoms with Gasteiger partial charge in [0.25, 0.3) is 0 Å². The Morgan fingerprint density at radius 2 is 2.00 bits per heavy atom. The molecule has 4 rings (SSSR count). The number of ether oxygens (including phenoxy) is 1. The van der Waals surface area contributed by atoms with Gasteiger partial charge in [-0.15, -0.1) is 4.83 Å². The van der Waals surface area contributed by atoms with Crippen molar-refractivity contribution in [2.75, 3.05) is 0 Å². The van der Waals surface area contributed by atoms with Crippen LogP contribution in [0.4, 0.5) is 9.18 Å². The van der Waals surface area contributed by atoms with Crippen molar-refractivity contribution in [3.05, 3.63) is 54.3 Å². The summed E-state index contributed by atoms with van der Waals surface area (Å²) in [7, 11) is -3.98. The molecule has 2 heterocycles. The number of carbonyl (C=O) groups is 1. The first-order chi connectivity index (χ1) is 15.0. The van der Waals surface area contributed by atoms with Crippen LogP contribution < -0.4 is 10.3 Å². The Morgan fingerprint density at radius 3 is 2.75 bits per heavy atom. The SMILES string of the molecule is CC(C)(C)OC(=O)NNS(=O)(=O)Cc1nc2ccc(-c3c[nH]c4cc(F)ccc34)cc2o1. The molecule has 4 aromatic rings. The lowest BCUT2D eigenvalue weighted by Gasteiger charge is -2.19. The molecule has 32 heavy (non-hydrogen) atoms. The van der Waals surface area contributed by atoms with E-state index in [9.17, 15) is 17.6 Å². The van der Waals surface area contributed by atoms with Crippen LogP contribution in [0.1, 0.15) is 26.7 Å². The molecule has 0 radical (unpaired) electrons. The number of amides is 1. The molecule has 2 aromatic heterocycles. The van der Waals surface area contributed by atoms with Crippen LogP contribution in [0.2, 0.25) is 0 Å². The molecular formula is C21H21FN4O5S. The lowest BCUT2D eigenvalue weighted by atomic mass is 10.0. The summed E-state index contributed by atoms with van der Waals surface area (Å²) in [6.45, 7) is 4.96. The standard InChI is InChI=1S/C21H21FN4O5S/c1-21(2,3)31-20(27)25-26-32(28,29)11-19-24-16-7-4-12(8-18(16)30-19)15-10-23-17-9-13(22)5-6-14(15)17/h4-10,23,26H,11H2,1-3H3,(H,25,27). The van der Waals surface area contributed by atoms with Gasteiger partial charge < -0.3 is 14.1 Å². The van der Waals surface area contributed by atoms with Crippen LogP contribution >= 0.6 is 0 Å². The van der Waals surface area contributed by atoms with Crippen molar-refractivity contribution in [1.29, 1.82) is 0 Å². The smallest absolute Gasteiger partial charge is 0.422 e. The second kappa shape index (κ2) is 7.92. The number of H-pyrrole nitrogens is 1. The van der Waals surface area contributed by atoms with Gasteiger partial charge in [0, 0.05) is 22.7 Å². The van der Waals surface area contributed by atoms with Gasteiger partial charge in [0.05, 0.1) is 0 Å². The van der Waals surface area contributed by atoms with E-state index in [-0.39, 0.29) is 11.7 Å². The van der Waals surface area contributed by atoms with Crippen molar-refractivity contribution in [3.63, 3.8) is 0 Å². The lowest BCUT2D eigenvalue weighted by Crippen LogP contribution is -2.44. The van der Waals surface area contributed by atoms with Crippen LogP contribution in [0.25, 0.3) is 33.1 Å². The second-order valence-corrected chi connectivity index (χ2v) is 9.89. The first kappa shape index (κ1) is 21.8. The monoisotopic (exact) mass is 460 g/mol. The fourth-order valence-electron chi connectivity index (χ4n) is 3.16. The van der Waals surface area contributed by atoms with Gasteiger partial charge in [0.15, 0.2) is 5.58 Å². The van der Waals surface area contributed by atoms with E-state index in [1.54, 1.807) is 45.2 Å². The van der Waals surface area contributed by atoms with E-state index in [0.717, 1.165) is 16.5 Å². The summed E-state index contributed by atoms with van der Waals surface area (Å²) in [5, 5.41) is 0.838. The molecule has 0 spiro atoms. The van der Waals surface area contributed by atoms with E-state index in [0.29, 0.717) is 16.6 Å². The maximum absolute atomic E-state index is 13.4. The maximum atomic E-state index is 13.4. The lowest BCUT2D eigenvalue weighted by molar-refractivity contribution is 0.0515. The molecule has 3 N–H and O–H groups in total. The van der Waals surface area contributed by atoms with Gasteiger partial charge >= 0.3 is 6.09 Å². The van der Waals surface area contributed by atoms with Crippen molar-refractivity contribution in [3.8, 4) is 11.1 Å². The van der Waals surface area contributed by atoms with Gasteiger partial charge in [-0.2, -0.15) is 0 Å². The van der Waals surface area contributed by atoms with Crippen molar-refractivity contribution in [1.82, 2.24) is 20.2 Å². The van der Waals surface area contributed by atoms with Crippen LogP contribution in [0, 0.1) is 5.82 Å². The number of fused-ring (bicyclic) bond motifs is 2. The normalized spacial score (nSPS) is 12.4. The summed E-state index contributed by atoms with van der Waals surface area (Å²) in [5.41, 5.74) is 4.38. The highest BCUT2D eigenvalue weighted by Crippen LogP contribution is 2.31. The Hall–Kier alpha value is -3.44. The number of aromatic amines is 1. The summed E-state index contributed by atoms with van der Waals surface area (Å²) >= 11 is 0. The number of carbonyl (C=O) groups excluding carboxylic acids is 1. The summed E-state index contributed by atoms with van der Waals surface area (Å²) in [4.78, 5) is 20.8. The van der Waals surface area contributed by atoms with Gasteiger partial charge in [-0.05, 0) is 56.7 Å². The predicted octanol–water partition coefficient (Wildman–Crippen LogP) is 3.97. The largest absolute Gasteiger partial charge is 0.443 e. The average molecular weight is 460 g/mol. The van der Waals surface area contributed by atoms with Crippen molar-refractivity contribution in [2.24, 2.45) is 0 Å². The van der Waals surface area contributed by atoms with Crippen molar-refractivity contribution < 1.29 is 26.8 Å². The Balaban J connectivity index is 1.52.